The number of rotatable bonds is 4. The molecule has 0 aliphatic heterocycles. The van der Waals surface area contributed by atoms with Crippen LogP contribution in [0.25, 0.3) is 21.6 Å². The second-order valence-electron chi connectivity index (χ2n) is 5.10. The largest absolute Gasteiger partial charge is 0.364 e. The Labute approximate surface area is 141 Å². The van der Waals surface area contributed by atoms with E-state index in [2.05, 4.69) is 20.7 Å². The second-order valence-corrected chi connectivity index (χ2v) is 7.11. The van der Waals surface area contributed by atoms with Crippen LogP contribution in [0.5, 0.6) is 0 Å². The summed E-state index contributed by atoms with van der Waals surface area (Å²) in [5.74, 6) is 1.61. The number of hydrogen-bond donors (Lipinski definition) is 1. The van der Waals surface area contributed by atoms with Crippen molar-refractivity contribution in [2.45, 2.75) is 13.5 Å². The minimum absolute atomic E-state index is 0.662. The summed E-state index contributed by atoms with van der Waals surface area (Å²) in [5.41, 5.74) is 1.98. The molecule has 0 saturated carbocycles. The van der Waals surface area contributed by atoms with Crippen molar-refractivity contribution in [2.24, 2.45) is 0 Å². The molecule has 6 heteroatoms. The van der Waals surface area contributed by atoms with Crippen LogP contribution in [0.15, 0.2) is 47.2 Å². The number of nitrogens with one attached hydrogen (secondary N) is 1. The smallest absolute Gasteiger partial charge is 0.172 e. The van der Waals surface area contributed by atoms with Crippen LogP contribution in [0.3, 0.4) is 0 Å². The number of aryl methyl sites for hydroxylation is 1. The first-order chi connectivity index (χ1) is 11.3. The number of para-hydroxylation sites is 1. The van der Waals surface area contributed by atoms with Gasteiger partial charge >= 0.3 is 0 Å². The third-order valence-electron chi connectivity index (χ3n) is 3.45. The van der Waals surface area contributed by atoms with Crippen LogP contribution in [0.2, 0.25) is 0 Å². The number of fused-ring (bicyclic) bond motifs is 1. The van der Waals surface area contributed by atoms with E-state index in [1.165, 1.54) is 0 Å². The van der Waals surface area contributed by atoms with Crippen molar-refractivity contribution in [1.82, 2.24) is 15.0 Å². The van der Waals surface area contributed by atoms with Crippen molar-refractivity contribution < 1.29 is 0 Å². The van der Waals surface area contributed by atoms with Gasteiger partial charge in [0.05, 0.1) is 27.6 Å². The molecule has 0 radical (unpaired) electrons. The molecule has 0 amide bonds. The van der Waals surface area contributed by atoms with Gasteiger partial charge in [-0.1, -0.05) is 18.2 Å². The Morgan fingerprint density at radius 3 is 2.70 bits per heavy atom. The molecular weight excluding hydrogens is 324 g/mol. The molecule has 3 heterocycles. The van der Waals surface area contributed by atoms with E-state index in [1.54, 1.807) is 22.7 Å². The van der Waals surface area contributed by atoms with E-state index in [4.69, 9.17) is 4.98 Å². The molecule has 0 spiro atoms. The SMILES string of the molecule is Cc1nc(CNc2nc(-c3cccs3)nc3ccccc23)cs1. The van der Waals surface area contributed by atoms with Gasteiger partial charge in [-0.3, -0.25) is 0 Å². The van der Waals surface area contributed by atoms with Crippen molar-refractivity contribution >= 4 is 39.4 Å². The first-order valence-corrected chi connectivity index (χ1v) is 9.01. The molecule has 4 nitrogen and oxygen atoms in total. The van der Waals surface area contributed by atoms with Crippen molar-refractivity contribution in [3.8, 4) is 10.7 Å². The van der Waals surface area contributed by atoms with Crippen molar-refractivity contribution in [3.05, 3.63) is 57.9 Å². The van der Waals surface area contributed by atoms with E-state index in [0.29, 0.717) is 6.54 Å². The molecule has 0 aliphatic carbocycles. The molecule has 114 valence electrons. The summed E-state index contributed by atoms with van der Waals surface area (Å²) >= 11 is 3.31. The average Bonchev–Trinajstić information content (AvgIpc) is 3.24. The summed E-state index contributed by atoms with van der Waals surface area (Å²) in [5, 5.41) is 9.64. The molecule has 1 aromatic carbocycles. The van der Waals surface area contributed by atoms with Crippen LogP contribution >= 0.6 is 22.7 Å². The molecule has 0 atom stereocenters. The molecule has 0 fully saturated rings. The summed E-state index contributed by atoms with van der Waals surface area (Å²) in [6, 6.07) is 12.1. The summed E-state index contributed by atoms with van der Waals surface area (Å²) in [4.78, 5) is 15.0. The monoisotopic (exact) mass is 338 g/mol. The standard InChI is InChI=1S/C17H14N4S2/c1-11-19-12(10-23-11)9-18-16-13-5-2-3-6-14(13)20-17(21-16)15-7-4-8-22-15/h2-8,10H,9H2,1H3,(H,18,20,21). The quantitative estimate of drug-likeness (QED) is 0.584. The summed E-state index contributed by atoms with van der Waals surface area (Å²) in [6.07, 6.45) is 0. The molecule has 4 aromatic rings. The van der Waals surface area contributed by atoms with Crippen molar-refractivity contribution in [1.29, 1.82) is 0 Å². The van der Waals surface area contributed by atoms with Crippen LogP contribution in [-0.2, 0) is 6.54 Å². The highest BCUT2D eigenvalue weighted by molar-refractivity contribution is 7.13. The van der Waals surface area contributed by atoms with E-state index in [9.17, 15) is 0 Å². The number of thiazole rings is 1. The Bertz CT molecular complexity index is 944. The Balaban J connectivity index is 1.74. The highest BCUT2D eigenvalue weighted by Gasteiger charge is 2.10. The number of thiophene rings is 1. The fourth-order valence-corrected chi connectivity index (χ4v) is 3.66. The van der Waals surface area contributed by atoms with Gasteiger partial charge in [0.2, 0.25) is 0 Å². The number of nitrogens with zero attached hydrogens (tertiary/aromatic N) is 3. The molecule has 0 saturated heterocycles. The van der Waals surface area contributed by atoms with Gasteiger partial charge in [-0.05, 0) is 30.5 Å². The summed E-state index contributed by atoms with van der Waals surface area (Å²) < 4.78 is 0. The topological polar surface area (TPSA) is 50.7 Å². The van der Waals surface area contributed by atoms with E-state index in [1.807, 2.05) is 48.7 Å². The maximum Gasteiger partial charge on any atom is 0.172 e. The van der Waals surface area contributed by atoms with Gasteiger partial charge < -0.3 is 5.32 Å². The van der Waals surface area contributed by atoms with E-state index >= 15 is 0 Å². The molecule has 0 aliphatic rings. The Morgan fingerprint density at radius 1 is 1.00 bits per heavy atom. The molecule has 0 bridgehead atoms. The lowest BCUT2D eigenvalue weighted by atomic mass is 10.2. The number of anilines is 1. The van der Waals surface area contributed by atoms with Gasteiger partial charge in [0, 0.05) is 10.8 Å². The van der Waals surface area contributed by atoms with E-state index < -0.39 is 0 Å². The fourth-order valence-electron chi connectivity index (χ4n) is 2.39. The van der Waals surface area contributed by atoms with Gasteiger partial charge in [-0.25, -0.2) is 15.0 Å². The highest BCUT2D eigenvalue weighted by Crippen LogP contribution is 2.27. The fraction of sp³-hybridized carbons (Fsp3) is 0.118. The van der Waals surface area contributed by atoms with E-state index in [0.717, 1.165) is 38.1 Å². The van der Waals surface area contributed by atoms with Crippen molar-refractivity contribution in [2.75, 3.05) is 5.32 Å². The highest BCUT2D eigenvalue weighted by atomic mass is 32.1. The predicted octanol–water partition coefficient (Wildman–Crippen LogP) is 4.74. The second kappa shape index (κ2) is 6.06. The first-order valence-electron chi connectivity index (χ1n) is 7.25. The van der Waals surface area contributed by atoms with Gasteiger partial charge in [0.1, 0.15) is 5.82 Å². The van der Waals surface area contributed by atoms with Crippen LogP contribution in [0.1, 0.15) is 10.7 Å². The number of aromatic nitrogens is 3. The molecule has 23 heavy (non-hydrogen) atoms. The third-order valence-corrected chi connectivity index (χ3v) is 5.14. The van der Waals surface area contributed by atoms with E-state index in [-0.39, 0.29) is 0 Å². The van der Waals surface area contributed by atoms with Gasteiger partial charge in [-0.15, -0.1) is 22.7 Å². The molecule has 1 N–H and O–H groups in total. The van der Waals surface area contributed by atoms with Gasteiger partial charge in [0.25, 0.3) is 0 Å². The zero-order chi connectivity index (χ0) is 15.6. The third kappa shape index (κ3) is 2.95. The van der Waals surface area contributed by atoms with Crippen LogP contribution in [0.4, 0.5) is 5.82 Å². The predicted molar refractivity (Wildman–Crippen MR) is 97.0 cm³/mol. The zero-order valence-corrected chi connectivity index (χ0v) is 14.1. The van der Waals surface area contributed by atoms with Gasteiger partial charge in [-0.2, -0.15) is 0 Å². The van der Waals surface area contributed by atoms with Crippen LogP contribution < -0.4 is 5.32 Å². The average molecular weight is 338 g/mol. The Kier molecular flexibility index (Phi) is 3.77. The van der Waals surface area contributed by atoms with Crippen LogP contribution in [0, 0.1) is 6.92 Å². The van der Waals surface area contributed by atoms with Crippen molar-refractivity contribution in [3.63, 3.8) is 0 Å². The number of hydrogen-bond acceptors (Lipinski definition) is 6. The maximum atomic E-state index is 4.73. The van der Waals surface area contributed by atoms with Gasteiger partial charge in [0.15, 0.2) is 5.82 Å². The van der Waals surface area contributed by atoms with Crippen LogP contribution in [-0.4, -0.2) is 15.0 Å². The summed E-state index contributed by atoms with van der Waals surface area (Å²) in [7, 11) is 0. The maximum absolute atomic E-state index is 4.73. The molecule has 4 rings (SSSR count). The molecule has 3 aromatic heterocycles. The summed E-state index contributed by atoms with van der Waals surface area (Å²) in [6.45, 7) is 2.68. The normalized spacial score (nSPS) is 11.0. The minimum atomic E-state index is 0.662. The number of benzene rings is 1. The Morgan fingerprint density at radius 2 is 1.91 bits per heavy atom. The lowest BCUT2D eigenvalue weighted by Gasteiger charge is -2.09. The first kappa shape index (κ1) is 14.3. The lowest BCUT2D eigenvalue weighted by molar-refractivity contribution is 1.04. The molecular formula is C17H14N4S2. The zero-order valence-electron chi connectivity index (χ0n) is 12.5. The Hall–Kier alpha value is -2.31. The lowest BCUT2D eigenvalue weighted by Crippen LogP contribution is -2.04. The minimum Gasteiger partial charge on any atom is -0.364 e. The molecule has 0 unspecified atom stereocenters.